The molecule has 4 N–H and O–H groups in total. The van der Waals surface area contributed by atoms with Crippen molar-refractivity contribution in [1.29, 1.82) is 0 Å². The van der Waals surface area contributed by atoms with Crippen LogP contribution in [0.3, 0.4) is 0 Å². The number of para-hydroxylation sites is 2. The molecule has 1 saturated heterocycles. The molecular formula is C23H29ClN6O3. The fourth-order valence-corrected chi connectivity index (χ4v) is 3.72. The molecule has 4 rings (SSSR count). The summed E-state index contributed by atoms with van der Waals surface area (Å²) in [6.45, 7) is 6.69. The molecule has 176 valence electrons. The molecular weight excluding hydrogens is 444 g/mol. The summed E-state index contributed by atoms with van der Waals surface area (Å²) in [6.07, 6.45) is 3.77. The molecule has 9 nitrogen and oxygen atoms in total. The van der Waals surface area contributed by atoms with Gasteiger partial charge in [-0.05, 0) is 64.0 Å². The van der Waals surface area contributed by atoms with Crippen molar-refractivity contribution in [3.63, 3.8) is 0 Å². The van der Waals surface area contributed by atoms with Crippen molar-refractivity contribution in [3.05, 3.63) is 53.4 Å². The SMILES string of the molecule is CC(C)N1CCC(N)CC1.O=C(Cn1c(C(=O)O)nc2ccccc21)Nc1ccc(Cl)cn1. The van der Waals surface area contributed by atoms with E-state index in [2.05, 4.69) is 34.0 Å². The third kappa shape index (κ3) is 6.74. The van der Waals surface area contributed by atoms with Gasteiger partial charge in [0.1, 0.15) is 12.4 Å². The van der Waals surface area contributed by atoms with E-state index in [1.54, 1.807) is 36.4 Å². The average Bonchev–Trinajstić information content (AvgIpc) is 3.15. The highest BCUT2D eigenvalue weighted by molar-refractivity contribution is 6.30. The number of aromatic carboxylic acids is 1. The predicted octanol–water partition coefficient (Wildman–Crippen LogP) is 3.24. The lowest BCUT2D eigenvalue weighted by Crippen LogP contribution is -2.42. The third-order valence-electron chi connectivity index (χ3n) is 5.45. The molecule has 10 heteroatoms. The van der Waals surface area contributed by atoms with E-state index in [1.807, 2.05) is 0 Å². The molecule has 1 aliphatic heterocycles. The van der Waals surface area contributed by atoms with Crippen LogP contribution in [0.1, 0.15) is 37.3 Å². The smallest absolute Gasteiger partial charge is 0.372 e. The van der Waals surface area contributed by atoms with E-state index >= 15 is 0 Å². The molecule has 2 aromatic heterocycles. The zero-order chi connectivity index (χ0) is 24.0. The standard InChI is InChI=1S/C15H11ClN4O3.C8H18N2/c16-9-5-6-12(17-7-9)19-13(21)8-20-11-4-2-1-3-10(11)18-14(20)15(22)23;1-7(2)10-5-3-8(9)4-6-10/h1-7H,8H2,(H,22,23)(H,17,19,21);7-8H,3-6,9H2,1-2H3. The van der Waals surface area contributed by atoms with Gasteiger partial charge in [-0.2, -0.15) is 0 Å². The number of nitrogens with one attached hydrogen (secondary N) is 1. The maximum absolute atomic E-state index is 12.2. The van der Waals surface area contributed by atoms with Crippen LogP contribution in [-0.2, 0) is 11.3 Å². The van der Waals surface area contributed by atoms with Gasteiger partial charge >= 0.3 is 5.97 Å². The van der Waals surface area contributed by atoms with E-state index in [0.717, 1.165) is 0 Å². The van der Waals surface area contributed by atoms with Gasteiger partial charge in [0.05, 0.1) is 16.1 Å². The third-order valence-corrected chi connectivity index (χ3v) is 5.67. The number of anilines is 1. The van der Waals surface area contributed by atoms with Crippen LogP contribution >= 0.6 is 11.6 Å². The Labute approximate surface area is 197 Å². The van der Waals surface area contributed by atoms with Crippen molar-refractivity contribution in [2.75, 3.05) is 18.4 Å². The number of nitrogens with two attached hydrogens (primary N) is 1. The number of aromatic nitrogens is 3. The molecule has 0 saturated carbocycles. The molecule has 1 aromatic carbocycles. The number of carboxylic acid groups (broad SMARTS) is 1. The number of nitrogens with zero attached hydrogens (tertiary/aromatic N) is 4. The second-order valence-corrected chi connectivity index (χ2v) is 8.63. The summed E-state index contributed by atoms with van der Waals surface area (Å²) >= 11 is 5.73. The van der Waals surface area contributed by atoms with Crippen molar-refractivity contribution in [3.8, 4) is 0 Å². The number of benzene rings is 1. The van der Waals surface area contributed by atoms with E-state index in [4.69, 9.17) is 17.3 Å². The summed E-state index contributed by atoms with van der Waals surface area (Å²) in [7, 11) is 0. The Morgan fingerprint density at radius 3 is 2.52 bits per heavy atom. The highest BCUT2D eigenvalue weighted by atomic mass is 35.5. The first kappa shape index (κ1) is 24.6. The number of imidazole rings is 1. The molecule has 0 aliphatic carbocycles. The highest BCUT2D eigenvalue weighted by Crippen LogP contribution is 2.17. The second-order valence-electron chi connectivity index (χ2n) is 8.19. The van der Waals surface area contributed by atoms with E-state index in [-0.39, 0.29) is 12.4 Å². The van der Waals surface area contributed by atoms with E-state index < -0.39 is 11.9 Å². The van der Waals surface area contributed by atoms with Gasteiger partial charge in [0, 0.05) is 18.3 Å². The zero-order valence-corrected chi connectivity index (χ0v) is 19.5. The lowest BCUT2D eigenvalue weighted by Gasteiger charge is -2.32. The second kappa shape index (κ2) is 11.2. The van der Waals surface area contributed by atoms with Crippen LogP contribution < -0.4 is 11.1 Å². The van der Waals surface area contributed by atoms with Crippen molar-refractivity contribution in [2.45, 2.75) is 45.3 Å². The Balaban J connectivity index is 0.000000257. The van der Waals surface area contributed by atoms with Gasteiger partial charge in [0.2, 0.25) is 11.7 Å². The minimum Gasteiger partial charge on any atom is -0.475 e. The van der Waals surface area contributed by atoms with E-state index in [1.165, 1.54) is 36.7 Å². The van der Waals surface area contributed by atoms with Gasteiger partial charge in [-0.15, -0.1) is 0 Å². The molecule has 3 aromatic rings. The maximum Gasteiger partial charge on any atom is 0.372 e. The quantitative estimate of drug-likeness (QED) is 0.520. The number of hydrogen-bond acceptors (Lipinski definition) is 6. The monoisotopic (exact) mass is 472 g/mol. The average molecular weight is 473 g/mol. The molecule has 0 bridgehead atoms. The van der Waals surface area contributed by atoms with Crippen LogP contribution in [0.15, 0.2) is 42.6 Å². The number of hydrogen-bond donors (Lipinski definition) is 3. The lowest BCUT2D eigenvalue weighted by molar-refractivity contribution is -0.116. The van der Waals surface area contributed by atoms with E-state index in [0.29, 0.717) is 34.0 Å². The molecule has 0 atom stereocenters. The number of carbonyl (C=O) groups is 2. The topological polar surface area (TPSA) is 126 Å². The van der Waals surface area contributed by atoms with Crippen LogP contribution in [0.2, 0.25) is 5.02 Å². The Kier molecular flexibility index (Phi) is 8.37. The number of pyridine rings is 1. The van der Waals surface area contributed by atoms with Gasteiger partial charge < -0.3 is 25.6 Å². The van der Waals surface area contributed by atoms with Crippen LogP contribution in [0, 0.1) is 0 Å². The number of piperidine rings is 1. The minimum atomic E-state index is -1.20. The van der Waals surface area contributed by atoms with Crippen LogP contribution in [-0.4, -0.2) is 61.6 Å². The highest BCUT2D eigenvalue weighted by Gasteiger charge is 2.19. The van der Waals surface area contributed by atoms with Crippen LogP contribution in [0.25, 0.3) is 11.0 Å². The first-order chi connectivity index (χ1) is 15.7. The summed E-state index contributed by atoms with van der Waals surface area (Å²) in [4.78, 5) is 34.0. The number of fused-ring (bicyclic) bond motifs is 1. The molecule has 3 heterocycles. The van der Waals surface area contributed by atoms with Gasteiger partial charge in [-0.3, -0.25) is 4.79 Å². The molecule has 1 fully saturated rings. The number of rotatable bonds is 5. The van der Waals surface area contributed by atoms with Gasteiger partial charge in [-0.1, -0.05) is 23.7 Å². The van der Waals surface area contributed by atoms with Gasteiger partial charge in [-0.25, -0.2) is 14.8 Å². The molecule has 33 heavy (non-hydrogen) atoms. The number of amides is 1. The first-order valence-electron chi connectivity index (χ1n) is 10.8. The number of carboxylic acids is 1. The fourth-order valence-electron chi connectivity index (χ4n) is 3.61. The maximum atomic E-state index is 12.2. The van der Waals surface area contributed by atoms with Crippen LogP contribution in [0.5, 0.6) is 0 Å². The molecule has 0 spiro atoms. The summed E-state index contributed by atoms with van der Waals surface area (Å²) in [5.41, 5.74) is 6.86. The Bertz CT molecular complexity index is 1090. The normalized spacial score (nSPS) is 14.7. The summed E-state index contributed by atoms with van der Waals surface area (Å²) in [5.74, 6) is -1.46. The summed E-state index contributed by atoms with van der Waals surface area (Å²) in [6, 6.07) is 11.2. The molecule has 1 aliphatic rings. The van der Waals surface area contributed by atoms with Crippen molar-refractivity contribution >= 4 is 40.3 Å². The zero-order valence-electron chi connectivity index (χ0n) is 18.7. The number of likely N-dealkylation sites (tertiary alicyclic amines) is 1. The Morgan fingerprint density at radius 1 is 1.21 bits per heavy atom. The number of halogens is 1. The van der Waals surface area contributed by atoms with Gasteiger partial charge in [0.25, 0.3) is 0 Å². The fraction of sp³-hybridized carbons (Fsp3) is 0.391. The van der Waals surface area contributed by atoms with Crippen molar-refractivity contribution < 1.29 is 14.7 Å². The van der Waals surface area contributed by atoms with Crippen molar-refractivity contribution in [1.82, 2.24) is 19.4 Å². The van der Waals surface area contributed by atoms with Crippen molar-refractivity contribution in [2.24, 2.45) is 5.73 Å². The molecule has 0 radical (unpaired) electrons. The largest absolute Gasteiger partial charge is 0.475 e. The summed E-state index contributed by atoms with van der Waals surface area (Å²) < 4.78 is 1.35. The Morgan fingerprint density at radius 2 is 1.91 bits per heavy atom. The minimum absolute atomic E-state index is 0.188. The predicted molar refractivity (Wildman–Crippen MR) is 128 cm³/mol. The number of carbonyl (C=O) groups excluding carboxylic acids is 1. The lowest BCUT2D eigenvalue weighted by atomic mass is 10.1. The summed E-state index contributed by atoms with van der Waals surface area (Å²) in [5, 5.41) is 12.3. The molecule has 0 unspecified atom stereocenters. The van der Waals surface area contributed by atoms with Crippen LogP contribution in [0.4, 0.5) is 5.82 Å². The first-order valence-corrected chi connectivity index (χ1v) is 11.2. The molecule has 1 amide bonds. The Hall–Kier alpha value is -3.01. The van der Waals surface area contributed by atoms with Gasteiger partial charge in [0.15, 0.2) is 0 Å². The van der Waals surface area contributed by atoms with E-state index in [9.17, 15) is 14.7 Å².